The maximum atomic E-state index is 5.59. The number of benzene rings is 1. The zero-order valence-corrected chi connectivity index (χ0v) is 11.6. The van der Waals surface area contributed by atoms with Gasteiger partial charge in [0.2, 0.25) is 0 Å². The Labute approximate surface area is 116 Å². The van der Waals surface area contributed by atoms with Crippen LogP contribution in [0.15, 0.2) is 23.6 Å². The lowest BCUT2D eigenvalue weighted by molar-refractivity contribution is 0.171. The van der Waals surface area contributed by atoms with Gasteiger partial charge in [-0.05, 0) is 24.6 Å². The maximum Gasteiger partial charge on any atom is 0.183 e. The standard InChI is InChI=1S/C14H16N2O2S/c1-2-5-15-14-16-11(9-19-14)10-3-4-12-13(8-10)18-7-6-17-12/h3-4,8-9H,2,5-7H2,1H3,(H,15,16). The van der Waals surface area contributed by atoms with Crippen LogP contribution in [0, 0.1) is 0 Å². The molecular formula is C14H16N2O2S. The van der Waals surface area contributed by atoms with Crippen molar-refractivity contribution in [3.8, 4) is 22.8 Å². The molecule has 100 valence electrons. The zero-order chi connectivity index (χ0) is 13.1. The second-order valence-corrected chi connectivity index (χ2v) is 5.18. The third kappa shape index (κ3) is 2.66. The van der Waals surface area contributed by atoms with E-state index < -0.39 is 0 Å². The van der Waals surface area contributed by atoms with E-state index in [0.29, 0.717) is 13.2 Å². The van der Waals surface area contributed by atoms with E-state index in [9.17, 15) is 0 Å². The highest BCUT2D eigenvalue weighted by atomic mass is 32.1. The van der Waals surface area contributed by atoms with Crippen LogP contribution >= 0.6 is 11.3 Å². The van der Waals surface area contributed by atoms with E-state index in [-0.39, 0.29) is 0 Å². The Balaban J connectivity index is 1.83. The van der Waals surface area contributed by atoms with Crippen molar-refractivity contribution in [2.24, 2.45) is 0 Å². The Kier molecular flexibility index (Phi) is 3.55. The fourth-order valence-electron chi connectivity index (χ4n) is 1.92. The van der Waals surface area contributed by atoms with Crippen molar-refractivity contribution >= 4 is 16.5 Å². The van der Waals surface area contributed by atoms with E-state index in [1.165, 1.54) is 0 Å². The van der Waals surface area contributed by atoms with Gasteiger partial charge in [-0.15, -0.1) is 11.3 Å². The molecular weight excluding hydrogens is 260 g/mol. The lowest BCUT2D eigenvalue weighted by atomic mass is 10.1. The SMILES string of the molecule is CCCNc1nc(-c2ccc3c(c2)OCCO3)cs1. The summed E-state index contributed by atoms with van der Waals surface area (Å²) >= 11 is 1.63. The minimum absolute atomic E-state index is 0.608. The van der Waals surface area contributed by atoms with Crippen molar-refractivity contribution < 1.29 is 9.47 Å². The minimum Gasteiger partial charge on any atom is -0.486 e. The number of fused-ring (bicyclic) bond motifs is 1. The van der Waals surface area contributed by atoms with Gasteiger partial charge in [-0.2, -0.15) is 0 Å². The smallest absolute Gasteiger partial charge is 0.183 e. The molecule has 0 unspecified atom stereocenters. The van der Waals surface area contributed by atoms with Gasteiger partial charge in [-0.1, -0.05) is 6.92 Å². The molecule has 0 aliphatic carbocycles. The van der Waals surface area contributed by atoms with Crippen LogP contribution in [0.5, 0.6) is 11.5 Å². The Hall–Kier alpha value is -1.75. The third-order valence-electron chi connectivity index (χ3n) is 2.87. The average molecular weight is 276 g/mol. The van der Waals surface area contributed by atoms with Crippen LogP contribution in [0.1, 0.15) is 13.3 Å². The van der Waals surface area contributed by atoms with Crippen LogP contribution in [0.25, 0.3) is 11.3 Å². The predicted octanol–water partition coefficient (Wildman–Crippen LogP) is 3.40. The van der Waals surface area contributed by atoms with Gasteiger partial charge in [0.15, 0.2) is 16.6 Å². The number of rotatable bonds is 4. The van der Waals surface area contributed by atoms with Crippen LogP contribution < -0.4 is 14.8 Å². The first-order chi connectivity index (χ1) is 9.36. The normalized spacial score (nSPS) is 13.3. The molecule has 19 heavy (non-hydrogen) atoms. The fraction of sp³-hybridized carbons (Fsp3) is 0.357. The van der Waals surface area contributed by atoms with Gasteiger partial charge in [0.05, 0.1) is 5.69 Å². The van der Waals surface area contributed by atoms with Gasteiger partial charge in [0.1, 0.15) is 13.2 Å². The minimum atomic E-state index is 0.608. The molecule has 0 saturated carbocycles. The molecule has 0 fully saturated rings. The maximum absolute atomic E-state index is 5.59. The molecule has 0 radical (unpaired) electrons. The topological polar surface area (TPSA) is 43.4 Å². The number of hydrogen-bond acceptors (Lipinski definition) is 5. The largest absolute Gasteiger partial charge is 0.486 e. The molecule has 2 heterocycles. The van der Waals surface area contributed by atoms with E-state index >= 15 is 0 Å². The molecule has 4 nitrogen and oxygen atoms in total. The molecule has 3 rings (SSSR count). The number of aromatic nitrogens is 1. The number of nitrogens with zero attached hydrogens (tertiary/aromatic N) is 1. The molecule has 1 aromatic carbocycles. The molecule has 0 spiro atoms. The molecule has 5 heteroatoms. The van der Waals surface area contributed by atoms with Gasteiger partial charge >= 0.3 is 0 Å². The Morgan fingerprint density at radius 3 is 2.95 bits per heavy atom. The number of anilines is 1. The van der Waals surface area contributed by atoms with Gasteiger partial charge < -0.3 is 14.8 Å². The molecule has 0 atom stereocenters. The molecule has 1 aliphatic heterocycles. The third-order valence-corrected chi connectivity index (χ3v) is 3.67. The van der Waals surface area contributed by atoms with Crippen molar-refractivity contribution in [2.75, 3.05) is 25.1 Å². The van der Waals surface area contributed by atoms with E-state index in [2.05, 4.69) is 22.6 Å². The van der Waals surface area contributed by atoms with E-state index in [4.69, 9.17) is 9.47 Å². The molecule has 0 saturated heterocycles. The van der Waals surface area contributed by atoms with Crippen LogP contribution in [-0.4, -0.2) is 24.7 Å². The summed E-state index contributed by atoms with van der Waals surface area (Å²) in [7, 11) is 0. The molecule has 1 N–H and O–H groups in total. The van der Waals surface area contributed by atoms with Crippen molar-refractivity contribution in [2.45, 2.75) is 13.3 Å². The lowest BCUT2D eigenvalue weighted by Gasteiger charge is -2.18. The summed E-state index contributed by atoms with van der Waals surface area (Å²) in [6.07, 6.45) is 1.10. The summed E-state index contributed by atoms with van der Waals surface area (Å²) in [4.78, 5) is 4.58. The molecule has 2 aromatic rings. The van der Waals surface area contributed by atoms with E-state index in [1.807, 2.05) is 18.2 Å². The van der Waals surface area contributed by atoms with Gasteiger partial charge in [-0.3, -0.25) is 0 Å². The highest BCUT2D eigenvalue weighted by Gasteiger charge is 2.13. The second-order valence-electron chi connectivity index (χ2n) is 4.32. The van der Waals surface area contributed by atoms with Crippen molar-refractivity contribution in [3.05, 3.63) is 23.6 Å². The Morgan fingerprint density at radius 2 is 2.11 bits per heavy atom. The molecule has 0 amide bonds. The first kappa shape index (κ1) is 12.3. The summed E-state index contributed by atoms with van der Waals surface area (Å²) in [5, 5.41) is 6.32. The zero-order valence-electron chi connectivity index (χ0n) is 10.8. The van der Waals surface area contributed by atoms with Crippen molar-refractivity contribution in [1.82, 2.24) is 4.98 Å². The van der Waals surface area contributed by atoms with E-state index in [0.717, 1.165) is 40.9 Å². The first-order valence-corrected chi connectivity index (χ1v) is 7.34. The first-order valence-electron chi connectivity index (χ1n) is 6.46. The summed E-state index contributed by atoms with van der Waals surface area (Å²) in [5.41, 5.74) is 2.03. The van der Waals surface area contributed by atoms with Gasteiger partial charge in [0.25, 0.3) is 0 Å². The highest BCUT2D eigenvalue weighted by molar-refractivity contribution is 7.14. The number of hydrogen-bond donors (Lipinski definition) is 1. The monoisotopic (exact) mass is 276 g/mol. The number of ether oxygens (including phenoxy) is 2. The van der Waals surface area contributed by atoms with Gasteiger partial charge in [0, 0.05) is 17.5 Å². The van der Waals surface area contributed by atoms with Crippen LogP contribution in [-0.2, 0) is 0 Å². The van der Waals surface area contributed by atoms with Crippen LogP contribution in [0.2, 0.25) is 0 Å². The average Bonchev–Trinajstić information content (AvgIpc) is 2.93. The summed E-state index contributed by atoms with van der Waals surface area (Å²) in [6, 6.07) is 5.96. The predicted molar refractivity (Wildman–Crippen MR) is 77.3 cm³/mol. The highest BCUT2D eigenvalue weighted by Crippen LogP contribution is 2.35. The van der Waals surface area contributed by atoms with Crippen LogP contribution in [0.3, 0.4) is 0 Å². The number of nitrogens with one attached hydrogen (secondary N) is 1. The molecule has 1 aliphatic rings. The molecule has 0 bridgehead atoms. The van der Waals surface area contributed by atoms with Crippen LogP contribution in [0.4, 0.5) is 5.13 Å². The quantitative estimate of drug-likeness (QED) is 0.929. The van der Waals surface area contributed by atoms with Gasteiger partial charge in [-0.25, -0.2) is 4.98 Å². The second kappa shape index (κ2) is 5.48. The summed E-state index contributed by atoms with van der Waals surface area (Å²) in [6.45, 7) is 4.32. The summed E-state index contributed by atoms with van der Waals surface area (Å²) in [5.74, 6) is 1.62. The van der Waals surface area contributed by atoms with Crippen molar-refractivity contribution in [1.29, 1.82) is 0 Å². The number of thiazole rings is 1. The lowest BCUT2D eigenvalue weighted by Crippen LogP contribution is -2.15. The van der Waals surface area contributed by atoms with E-state index in [1.54, 1.807) is 11.3 Å². The molecule has 1 aromatic heterocycles. The Bertz CT molecular complexity index is 568. The Morgan fingerprint density at radius 1 is 1.26 bits per heavy atom. The summed E-state index contributed by atoms with van der Waals surface area (Å²) < 4.78 is 11.1. The van der Waals surface area contributed by atoms with Crippen molar-refractivity contribution in [3.63, 3.8) is 0 Å². The fourth-order valence-corrected chi connectivity index (χ4v) is 2.67.